The zero-order chi connectivity index (χ0) is 18.4. The van der Waals surface area contributed by atoms with Crippen LogP contribution in [-0.4, -0.2) is 38.1 Å². The fourth-order valence-corrected chi connectivity index (χ4v) is 4.75. The van der Waals surface area contributed by atoms with E-state index in [1.807, 2.05) is 18.2 Å². The second-order valence-corrected chi connectivity index (χ2v) is 7.57. The van der Waals surface area contributed by atoms with Crippen LogP contribution in [0, 0.1) is 5.92 Å². The Balaban J connectivity index is 1.65. The molecule has 5 nitrogen and oxygen atoms in total. The summed E-state index contributed by atoms with van der Waals surface area (Å²) in [7, 11) is 1.74. The van der Waals surface area contributed by atoms with Crippen molar-refractivity contribution in [1.82, 2.24) is 4.90 Å². The van der Waals surface area contributed by atoms with Crippen molar-refractivity contribution in [2.45, 2.75) is 31.9 Å². The number of methoxy groups -OCH3 is 1. The molecule has 5 rings (SSSR count). The molecule has 0 aliphatic carbocycles. The SMILES string of the molecule is COc1ccccc1[C@@H]1c2cc3c(cc2O[C@H](N2CCCC2)[C@@H]1C)OCO3. The highest BCUT2D eigenvalue weighted by Crippen LogP contribution is 2.51. The quantitative estimate of drug-likeness (QED) is 0.820. The molecule has 5 heteroatoms. The van der Waals surface area contributed by atoms with E-state index in [-0.39, 0.29) is 24.9 Å². The number of fused-ring (bicyclic) bond motifs is 2. The van der Waals surface area contributed by atoms with Crippen LogP contribution in [0.2, 0.25) is 0 Å². The van der Waals surface area contributed by atoms with Crippen LogP contribution in [0.5, 0.6) is 23.0 Å². The molecule has 142 valence electrons. The third-order valence-corrected chi connectivity index (χ3v) is 6.04. The van der Waals surface area contributed by atoms with Gasteiger partial charge in [0.15, 0.2) is 17.7 Å². The molecule has 3 aliphatic heterocycles. The number of nitrogens with zero attached hydrogens (tertiary/aromatic N) is 1. The molecule has 2 aromatic carbocycles. The van der Waals surface area contributed by atoms with Crippen LogP contribution in [0.15, 0.2) is 36.4 Å². The molecule has 3 atom stereocenters. The molecule has 0 aromatic heterocycles. The van der Waals surface area contributed by atoms with Crippen LogP contribution < -0.4 is 18.9 Å². The predicted molar refractivity (Wildman–Crippen MR) is 102 cm³/mol. The Kier molecular flexibility index (Phi) is 4.12. The molecule has 27 heavy (non-hydrogen) atoms. The smallest absolute Gasteiger partial charge is 0.231 e. The summed E-state index contributed by atoms with van der Waals surface area (Å²) < 4.78 is 23.5. The molecule has 3 aliphatic rings. The van der Waals surface area contributed by atoms with E-state index in [2.05, 4.69) is 30.0 Å². The van der Waals surface area contributed by atoms with Crippen LogP contribution >= 0.6 is 0 Å². The molecular weight excluding hydrogens is 342 g/mol. The summed E-state index contributed by atoms with van der Waals surface area (Å²) in [5.41, 5.74) is 2.34. The first-order valence-electron chi connectivity index (χ1n) is 9.73. The van der Waals surface area contributed by atoms with Gasteiger partial charge in [-0.25, -0.2) is 0 Å². The summed E-state index contributed by atoms with van der Waals surface area (Å²) in [5, 5.41) is 0. The topological polar surface area (TPSA) is 40.2 Å². The van der Waals surface area contributed by atoms with Gasteiger partial charge in [0.05, 0.1) is 7.11 Å². The average molecular weight is 367 g/mol. The Bertz CT molecular complexity index is 846. The third kappa shape index (κ3) is 2.72. The van der Waals surface area contributed by atoms with E-state index >= 15 is 0 Å². The molecule has 2 aromatic rings. The van der Waals surface area contributed by atoms with E-state index in [4.69, 9.17) is 18.9 Å². The molecule has 0 bridgehead atoms. The second kappa shape index (κ2) is 6.64. The number of hydrogen-bond donors (Lipinski definition) is 0. The molecule has 0 unspecified atom stereocenters. The fraction of sp³-hybridized carbons (Fsp3) is 0.455. The maximum atomic E-state index is 6.53. The van der Waals surface area contributed by atoms with Gasteiger partial charge in [0, 0.05) is 42.1 Å². The number of likely N-dealkylation sites (tertiary alicyclic amines) is 1. The van der Waals surface area contributed by atoms with E-state index in [0.717, 1.165) is 41.7 Å². The Morgan fingerprint density at radius 2 is 1.70 bits per heavy atom. The lowest BCUT2D eigenvalue weighted by atomic mass is 9.77. The van der Waals surface area contributed by atoms with Crippen molar-refractivity contribution in [2.75, 3.05) is 27.0 Å². The van der Waals surface area contributed by atoms with Gasteiger partial charge in [-0.2, -0.15) is 0 Å². The van der Waals surface area contributed by atoms with Gasteiger partial charge in [-0.05, 0) is 25.0 Å². The Hall–Kier alpha value is -2.40. The van der Waals surface area contributed by atoms with Crippen molar-refractivity contribution < 1.29 is 18.9 Å². The van der Waals surface area contributed by atoms with Crippen molar-refractivity contribution in [3.8, 4) is 23.0 Å². The normalized spacial score (nSPS) is 26.5. The van der Waals surface area contributed by atoms with Crippen LogP contribution in [0.3, 0.4) is 0 Å². The maximum absolute atomic E-state index is 6.53. The number of rotatable bonds is 3. The van der Waals surface area contributed by atoms with Gasteiger partial charge in [0.2, 0.25) is 6.79 Å². The van der Waals surface area contributed by atoms with E-state index < -0.39 is 0 Å². The fourth-order valence-electron chi connectivity index (χ4n) is 4.75. The van der Waals surface area contributed by atoms with Crippen LogP contribution in [-0.2, 0) is 0 Å². The van der Waals surface area contributed by atoms with Gasteiger partial charge < -0.3 is 18.9 Å². The summed E-state index contributed by atoms with van der Waals surface area (Å²) in [4.78, 5) is 2.47. The minimum Gasteiger partial charge on any atom is -0.496 e. The lowest BCUT2D eigenvalue weighted by molar-refractivity contribution is -0.0180. The number of benzene rings is 2. The standard InChI is InChI=1S/C22H25NO4/c1-14-21(15-7-3-4-8-17(15)24-2)16-11-19-20(26-13-25-19)12-18(16)27-22(14)23-9-5-6-10-23/h3-4,7-8,11-12,14,21-22H,5-6,9-10,13H2,1-2H3/t14-,21-,22+/m1/s1. The summed E-state index contributed by atoms with van der Waals surface area (Å²) in [6.45, 7) is 4.73. The van der Waals surface area contributed by atoms with Crippen molar-refractivity contribution >= 4 is 0 Å². The monoisotopic (exact) mass is 367 g/mol. The highest BCUT2D eigenvalue weighted by molar-refractivity contribution is 5.57. The van der Waals surface area contributed by atoms with Crippen LogP contribution in [0.25, 0.3) is 0 Å². The maximum Gasteiger partial charge on any atom is 0.231 e. The predicted octanol–water partition coefficient (Wildman–Crippen LogP) is 4.01. The van der Waals surface area contributed by atoms with Crippen molar-refractivity contribution in [3.05, 3.63) is 47.5 Å². The Labute approximate surface area is 159 Å². The molecule has 0 amide bonds. The lowest BCUT2D eigenvalue weighted by Crippen LogP contribution is -2.47. The minimum absolute atomic E-state index is 0.0512. The van der Waals surface area contributed by atoms with Gasteiger partial charge in [-0.1, -0.05) is 25.1 Å². The van der Waals surface area contributed by atoms with Gasteiger partial charge in [-0.15, -0.1) is 0 Å². The number of ether oxygens (including phenoxy) is 4. The van der Waals surface area contributed by atoms with E-state index in [0.29, 0.717) is 0 Å². The van der Waals surface area contributed by atoms with Crippen LogP contribution in [0.4, 0.5) is 0 Å². The first kappa shape index (κ1) is 16.8. The zero-order valence-electron chi connectivity index (χ0n) is 15.8. The van der Waals surface area contributed by atoms with Crippen LogP contribution in [0.1, 0.15) is 36.8 Å². The highest BCUT2D eigenvalue weighted by Gasteiger charge is 2.42. The first-order chi connectivity index (χ1) is 13.3. The second-order valence-electron chi connectivity index (χ2n) is 7.57. The first-order valence-corrected chi connectivity index (χ1v) is 9.73. The number of para-hydroxylation sites is 1. The molecule has 1 saturated heterocycles. The summed E-state index contributed by atoms with van der Waals surface area (Å²) in [6, 6.07) is 12.4. The van der Waals surface area contributed by atoms with Gasteiger partial charge in [0.25, 0.3) is 0 Å². The third-order valence-electron chi connectivity index (χ3n) is 6.04. The van der Waals surface area contributed by atoms with E-state index in [1.54, 1.807) is 7.11 Å². The number of hydrogen-bond acceptors (Lipinski definition) is 5. The van der Waals surface area contributed by atoms with Gasteiger partial charge in [-0.3, -0.25) is 4.90 Å². The van der Waals surface area contributed by atoms with E-state index in [9.17, 15) is 0 Å². The Morgan fingerprint density at radius 3 is 2.48 bits per heavy atom. The highest BCUT2D eigenvalue weighted by atomic mass is 16.7. The molecule has 0 spiro atoms. The van der Waals surface area contributed by atoms with E-state index in [1.165, 1.54) is 18.4 Å². The Morgan fingerprint density at radius 1 is 0.963 bits per heavy atom. The lowest BCUT2D eigenvalue weighted by Gasteiger charge is -2.42. The summed E-state index contributed by atoms with van der Waals surface area (Å²) in [6.07, 6.45) is 2.52. The molecular formula is C22H25NO4. The van der Waals surface area contributed by atoms with Crippen molar-refractivity contribution in [3.63, 3.8) is 0 Å². The summed E-state index contributed by atoms with van der Waals surface area (Å²) in [5.74, 6) is 3.83. The molecule has 1 fully saturated rings. The molecule has 0 saturated carbocycles. The molecule has 3 heterocycles. The summed E-state index contributed by atoms with van der Waals surface area (Å²) >= 11 is 0. The average Bonchev–Trinajstić information content (AvgIpc) is 3.37. The zero-order valence-corrected chi connectivity index (χ0v) is 15.8. The van der Waals surface area contributed by atoms with Gasteiger partial charge in [0.1, 0.15) is 11.5 Å². The van der Waals surface area contributed by atoms with Crippen molar-refractivity contribution in [2.24, 2.45) is 5.92 Å². The minimum atomic E-state index is 0.0512. The largest absolute Gasteiger partial charge is 0.496 e. The van der Waals surface area contributed by atoms with Crippen molar-refractivity contribution in [1.29, 1.82) is 0 Å². The van der Waals surface area contributed by atoms with Gasteiger partial charge >= 0.3 is 0 Å². The molecule has 0 radical (unpaired) electrons. The molecule has 0 N–H and O–H groups in total.